The first kappa shape index (κ1) is 23.4. The first-order valence-electron chi connectivity index (χ1n) is 7.99. The van der Waals surface area contributed by atoms with Gasteiger partial charge in [0.25, 0.3) is 0 Å². The number of nitrogens with one attached hydrogen (secondary N) is 1. The Balaban J connectivity index is 0.00000288. The van der Waals surface area contributed by atoms with Crippen molar-refractivity contribution in [1.82, 2.24) is 15.2 Å². The van der Waals surface area contributed by atoms with Crippen LogP contribution in [0.3, 0.4) is 0 Å². The number of hydrogen-bond acceptors (Lipinski definition) is 3. The molecular formula is C19H27Cl2N3O. The minimum Gasteiger partial charge on any atom is -0.332 e. The molecule has 1 N–H and O–H groups in total. The molecule has 0 fully saturated rings. The summed E-state index contributed by atoms with van der Waals surface area (Å²) in [5.74, 6) is 0.0834. The molecule has 25 heavy (non-hydrogen) atoms. The Hall–Kier alpha value is -1.62. The largest absolute Gasteiger partial charge is 0.332 e. The van der Waals surface area contributed by atoms with Gasteiger partial charge in [0.1, 0.15) is 0 Å². The van der Waals surface area contributed by atoms with Crippen LogP contribution in [0.2, 0.25) is 0 Å². The first-order valence-corrected chi connectivity index (χ1v) is 7.99. The van der Waals surface area contributed by atoms with Gasteiger partial charge in [-0.1, -0.05) is 42.8 Å². The molecular weight excluding hydrogens is 357 g/mol. The summed E-state index contributed by atoms with van der Waals surface area (Å²) in [6, 6.07) is 14.1. The molecule has 2 rings (SSSR count). The van der Waals surface area contributed by atoms with Crippen molar-refractivity contribution < 1.29 is 4.79 Å². The fourth-order valence-corrected chi connectivity index (χ4v) is 2.63. The van der Waals surface area contributed by atoms with Crippen molar-refractivity contribution in [2.45, 2.75) is 26.9 Å². The van der Waals surface area contributed by atoms with Crippen LogP contribution >= 0.6 is 24.8 Å². The second kappa shape index (κ2) is 11.9. The third-order valence-electron chi connectivity index (χ3n) is 3.78. The minimum atomic E-state index is -0.0616. The van der Waals surface area contributed by atoms with Crippen LogP contribution < -0.4 is 5.32 Å². The molecule has 0 radical (unpaired) electrons. The lowest BCUT2D eigenvalue weighted by Crippen LogP contribution is -2.38. The van der Waals surface area contributed by atoms with Crippen LogP contribution in [0.5, 0.6) is 0 Å². The van der Waals surface area contributed by atoms with E-state index in [2.05, 4.69) is 35.4 Å². The quantitative estimate of drug-likeness (QED) is 0.793. The number of rotatable bonds is 7. The average molecular weight is 384 g/mol. The smallest absolute Gasteiger partial charge is 0.227 e. The maximum Gasteiger partial charge on any atom is 0.227 e. The molecule has 1 heterocycles. The summed E-state index contributed by atoms with van der Waals surface area (Å²) in [5.41, 5.74) is 3.26. The highest BCUT2D eigenvalue weighted by Crippen LogP contribution is 2.13. The van der Waals surface area contributed by atoms with Crippen LogP contribution in [-0.4, -0.2) is 29.4 Å². The molecule has 0 aliphatic carbocycles. The van der Waals surface area contributed by atoms with Crippen molar-refractivity contribution in [3.05, 3.63) is 65.5 Å². The van der Waals surface area contributed by atoms with E-state index in [1.165, 1.54) is 5.56 Å². The van der Waals surface area contributed by atoms with E-state index in [1.54, 1.807) is 6.20 Å². The number of halogens is 2. The number of pyridine rings is 1. The fraction of sp³-hybridized carbons (Fsp3) is 0.368. The number of benzene rings is 1. The molecule has 6 heteroatoms. The zero-order valence-electron chi connectivity index (χ0n) is 14.9. The van der Waals surface area contributed by atoms with E-state index in [0.717, 1.165) is 11.3 Å². The van der Waals surface area contributed by atoms with Gasteiger partial charge >= 0.3 is 0 Å². The van der Waals surface area contributed by atoms with Crippen molar-refractivity contribution in [3.8, 4) is 0 Å². The highest BCUT2D eigenvalue weighted by molar-refractivity contribution is 5.85. The highest BCUT2D eigenvalue weighted by atomic mass is 35.5. The number of aryl methyl sites for hydroxylation is 1. The van der Waals surface area contributed by atoms with E-state index in [1.807, 2.05) is 43.1 Å². The monoisotopic (exact) mass is 383 g/mol. The Bertz CT molecular complexity index is 638. The van der Waals surface area contributed by atoms with Crippen LogP contribution in [0, 0.1) is 12.8 Å². The lowest BCUT2D eigenvalue weighted by atomic mass is 10.1. The third kappa shape index (κ3) is 7.43. The summed E-state index contributed by atoms with van der Waals surface area (Å²) < 4.78 is 0. The van der Waals surface area contributed by atoms with Crippen molar-refractivity contribution in [3.63, 3.8) is 0 Å². The van der Waals surface area contributed by atoms with Gasteiger partial charge in [-0.05, 0) is 31.7 Å². The molecule has 4 nitrogen and oxygen atoms in total. The standard InChI is InChI=1S/C19H25N3O.2ClH/c1-15-7-6-8-17(11-15)13-22(19(23)16(2)12-20-3)14-18-9-4-5-10-21-18;;/h4-11,16,20H,12-14H2,1-3H3;2*1H. The molecule has 0 bridgehead atoms. The summed E-state index contributed by atoms with van der Waals surface area (Å²) in [6.07, 6.45) is 1.77. The van der Waals surface area contributed by atoms with Gasteiger partial charge < -0.3 is 10.2 Å². The topological polar surface area (TPSA) is 45.2 Å². The number of hydrogen-bond donors (Lipinski definition) is 1. The Kier molecular flexibility index (Phi) is 11.1. The van der Waals surface area contributed by atoms with Gasteiger partial charge in [-0.15, -0.1) is 24.8 Å². The van der Waals surface area contributed by atoms with Crippen LogP contribution in [0.4, 0.5) is 0 Å². The van der Waals surface area contributed by atoms with Crippen molar-refractivity contribution in [2.24, 2.45) is 5.92 Å². The molecule has 1 unspecified atom stereocenters. The SMILES string of the molecule is CNCC(C)C(=O)N(Cc1cccc(C)c1)Cc1ccccn1.Cl.Cl. The van der Waals surface area contributed by atoms with Crippen LogP contribution in [-0.2, 0) is 17.9 Å². The zero-order chi connectivity index (χ0) is 16.7. The second-order valence-electron chi connectivity index (χ2n) is 5.96. The predicted octanol–water partition coefficient (Wildman–Crippen LogP) is 3.62. The molecule has 0 aliphatic rings. The molecule has 1 aromatic carbocycles. The Morgan fingerprint density at radius 1 is 1.16 bits per heavy atom. The number of amides is 1. The van der Waals surface area contributed by atoms with Gasteiger partial charge in [0.05, 0.1) is 12.2 Å². The predicted molar refractivity (Wildman–Crippen MR) is 107 cm³/mol. The molecule has 1 aromatic heterocycles. The summed E-state index contributed by atoms with van der Waals surface area (Å²) in [4.78, 5) is 19.0. The summed E-state index contributed by atoms with van der Waals surface area (Å²) in [7, 11) is 1.87. The molecule has 2 aromatic rings. The molecule has 0 spiro atoms. The van der Waals surface area contributed by atoms with E-state index >= 15 is 0 Å². The van der Waals surface area contributed by atoms with E-state index in [0.29, 0.717) is 19.6 Å². The van der Waals surface area contributed by atoms with E-state index in [4.69, 9.17) is 0 Å². The summed E-state index contributed by atoms with van der Waals surface area (Å²) >= 11 is 0. The van der Waals surface area contributed by atoms with Crippen LogP contribution in [0.15, 0.2) is 48.7 Å². The molecule has 138 valence electrons. The number of aromatic nitrogens is 1. The maximum atomic E-state index is 12.8. The van der Waals surface area contributed by atoms with Crippen LogP contribution in [0.1, 0.15) is 23.7 Å². The van der Waals surface area contributed by atoms with Gasteiger partial charge in [-0.2, -0.15) is 0 Å². The van der Waals surface area contributed by atoms with Crippen molar-refractivity contribution in [1.29, 1.82) is 0 Å². The van der Waals surface area contributed by atoms with Gasteiger partial charge in [-0.25, -0.2) is 0 Å². The van der Waals surface area contributed by atoms with E-state index in [9.17, 15) is 4.79 Å². The molecule has 1 amide bonds. The van der Waals surface area contributed by atoms with Gasteiger partial charge in [0, 0.05) is 25.2 Å². The normalized spacial score (nSPS) is 11.0. The average Bonchev–Trinajstić information content (AvgIpc) is 2.55. The Labute approximate surface area is 162 Å². The van der Waals surface area contributed by atoms with Gasteiger partial charge in [-0.3, -0.25) is 9.78 Å². The second-order valence-corrected chi connectivity index (χ2v) is 5.96. The highest BCUT2D eigenvalue weighted by Gasteiger charge is 2.21. The first-order chi connectivity index (χ1) is 11.1. The Morgan fingerprint density at radius 2 is 1.92 bits per heavy atom. The van der Waals surface area contributed by atoms with Crippen molar-refractivity contribution in [2.75, 3.05) is 13.6 Å². The minimum absolute atomic E-state index is 0. The van der Waals surface area contributed by atoms with Crippen molar-refractivity contribution >= 4 is 30.7 Å². The third-order valence-corrected chi connectivity index (χ3v) is 3.78. The number of carbonyl (C=O) groups is 1. The molecule has 1 atom stereocenters. The lowest BCUT2D eigenvalue weighted by Gasteiger charge is -2.26. The molecule has 0 aliphatic heterocycles. The molecule has 0 saturated carbocycles. The maximum absolute atomic E-state index is 12.8. The number of nitrogens with zero attached hydrogens (tertiary/aromatic N) is 2. The lowest BCUT2D eigenvalue weighted by molar-refractivity contribution is -0.136. The Morgan fingerprint density at radius 3 is 2.52 bits per heavy atom. The van der Waals surface area contributed by atoms with Gasteiger partial charge in [0.15, 0.2) is 0 Å². The summed E-state index contributed by atoms with van der Waals surface area (Å²) in [6.45, 7) is 5.83. The fourth-order valence-electron chi connectivity index (χ4n) is 2.63. The zero-order valence-corrected chi connectivity index (χ0v) is 16.6. The van der Waals surface area contributed by atoms with Gasteiger partial charge in [0.2, 0.25) is 5.91 Å². The summed E-state index contributed by atoms with van der Waals surface area (Å²) in [5, 5.41) is 3.08. The number of carbonyl (C=O) groups excluding carboxylic acids is 1. The van der Waals surface area contributed by atoms with E-state index < -0.39 is 0 Å². The van der Waals surface area contributed by atoms with Crippen LogP contribution in [0.25, 0.3) is 0 Å². The molecule has 0 saturated heterocycles. The van der Waals surface area contributed by atoms with E-state index in [-0.39, 0.29) is 36.6 Å².